The van der Waals surface area contributed by atoms with Crippen LogP contribution >= 0.6 is 11.8 Å². The molecule has 0 N–H and O–H groups in total. The van der Waals surface area contributed by atoms with E-state index >= 15 is 0 Å². The van der Waals surface area contributed by atoms with E-state index in [0.29, 0.717) is 5.25 Å². The van der Waals surface area contributed by atoms with Crippen LogP contribution in [0.5, 0.6) is 0 Å². The fourth-order valence-electron chi connectivity index (χ4n) is 0.648. The first kappa shape index (κ1) is 11.8. The monoisotopic (exact) mass is 184 g/mol. The molecule has 12 heavy (non-hydrogen) atoms. The second-order valence-electron chi connectivity index (χ2n) is 3.95. The van der Waals surface area contributed by atoms with Crippen LogP contribution in [-0.4, -0.2) is 5.25 Å². The lowest BCUT2D eigenvalue weighted by Crippen LogP contribution is -2.03. The molecule has 1 heteroatoms. The van der Waals surface area contributed by atoms with Crippen molar-refractivity contribution in [1.29, 1.82) is 0 Å². The van der Waals surface area contributed by atoms with Gasteiger partial charge in [-0.3, -0.25) is 0 Å². The van der Waals surface area contributed by atoms with E-state index in [1.54, 1.807) is 0 Å². The van der Waals surface area contributed by atoms with E-state index in [1.165, 1.54) is 0 Å². The SMILES string of the molecule is C=CC(C)(C)C/C=C/SC(C)C. The van der Waals surface area contributed by atoms with Crippen molar-refractivity contribution in [3.05, 3.63) is 24.1 Å². The molecule has 0 atom stereocenters. The van der Waals surface area contributed by atoms with Gasteiger partial charge in [0.2, 0.25) is 0 Å². The second kappa shape index (κ2) is 5.47. The average molecular weight is 184 g/mol. The van der Waals surface area contributed by atoms with Crippen LogP contribution in [0.2, 0.25) is 0 Å². The molecule has 0 bridgehead atoms. The highest BCUT2D eigenvalue weighted by Gasteiger charge is 2.09. The van der Waals surface area contributed by atoms with E-state index in [2.05, 4.69) is 45.8 Å². The zero-order chi connectivity index (χ0) is 9.61. The van der Waals surface area contributed by atoms with E-state index < -0.39 is 0 Å². The lowest BCUT2D eigenvalue weighted by molar-refractivity contribution is 0.490. The van der Waals surface area contributed by atoms with Gasteiger partial charge in [-0.05, 0) is 17.2 Å². The van der Waals surface area contributed by atoms with Crippen molar-refractivity contribution in [2.45, 2.75) is 39.4 Å². The summed E-state index contributed by atoms with van der Waals surface area (Å²) in [5.41, 5.74) is 0.244. The van der Waals surface area contributed by atoms with Crippen molar-refractivity contribution in [3.63, 3.8) is 0 Å². The quantitative estimate of drug-likeness (QED) is 0.576. The van der Waals surface area contributed by atoms with Crippen LogP contribution in [0.1, 0.15) is 34.1 Å². The minimum Gasteiger partial charge on any atom is -0.132 e. The Hall–Kier alpha value is -0.170. The molecule has 0 aliphatic rings. The Kier molecular flexibility index (Phi) is 5.39. The number of allylic oxidation sites excluding steroid dienone is 2. The van der Waals surface area contributed by atoms with E-state index in [9.17, 15) is 0 Å². The molecule has 0 aromatic carbocycles. The van der Waals surface area contributed by atoms with Crippen molar-refractivity contribution in [2.24, 2.45) is 5.41 Å². The molecule has 0 nitrogen and oxygen atoms in total. The Labute approximate surface area is 81.1 Å². The zero-order valence-corrected chi connectivity index (χ0v) is 9.45. The third-order valence-corrected chi connectivity index (χ3v) is 2.54. The summed E-state index contributed by atoms with van der Waals surface area (Å²) in [5, 5.41) is 2.88. The molecule has 0 saturated heterocycles. The smallest absolute Gasteiger partial charge is 0.00316 e. The van der Waals surface area contributed by atoms with Crippen molar-refractivity contribution >= 4 is 11.8 Å². The minimum atomic E-state index is 0.244. The number of thioether (sulfide) groups is 1. The lowest BCUT2D eigenvalue weighted by Gasteiger charge is -2.16. The van der Waals surface area contributed by atoms with Crippen molar-refractivity contribution < 1.29 is 0 Å². The standard InChI is InChI=1S/C11H20S/c1-6-11(4,5)8-7-9-12-10(2)3/h6-7,9-10H,1,8H2,2-5H3/b9-7+. The Morgan fingerprint density at radius 2 is 2.00 bits per heavy atom. The van der Waals surface area contributed by atoms with Gasteiger partial charge in [-0.1, -0.05) is 39.8 Å². The van der Waals surface area contributed by atoms with Gasteiger partial charge in [-0.2, -0.15) is 0 Å². The molecule has 0 aliphatic carbocycles. The highest BCUT2D eigenvalue weighted by atomic mass is 32.2. The zero-order valence-electron chi connectivity index (χ0n) is 8.63. The van der Waals surface area contributed by atoms with Gasteiger partial charge in [0, 0.05) is 5.25 Å². The topological polar surface area (TPSA) is 0 Å². The minimum absolute atomic E-state index is 0.244. The average Bonchev–Trinajstić information content (AvgIpc) is 1.98. The summed E-state index contributed by atoms with van der Waals surface area (Å²) in [7, 11) is 0. The van der Waals surface area contributed by atoms with Gasteiger partial charge in [0.25, 0.3) is 0 Å². The summed E-state index contributed by atoms with van der Waals surface area (Å²) >= 11 is 1.87. The third kappa shape index (κ3) is 6.53. The summed E-state index contributed by atoms with van der Waals surface area (Å²) in [5.74, 6) is 0. The van der Waals surface area contributed by atoms with Crippen LogP contribution in [0.15, 0.2) is 24.1 Å². The van der Waals surface area contributed by atoms with Crippen LogP contribution in [-0.2, 0) is 0 Å². The summed E-state index contributed by atoms with van der Waals surface area (Å²) in [6.45, 7) is 12.6. The molecule has 0 saturated carbocycles. The Balaban J connectivity index is 3.67. The molecule has 0 aromatic heterocycles. The molecule has 0 unspecified atom stereocenters. The van der Waals surface area contributed by atoms with Crippen molar-refractivity contribution in [3.8, 4) is 0 Å². The maximum atomic E-state index is 3.81. The summed E-state index contributed by atoms with van der Waals surface area (Å²) < 4.78 is 0. The Morgan fingerprint density at radius 1 is 1.42 bits per heavy atom. The molecule has 0 rings (SSSR count). The van der Waals surface area contributed by atoms with Gasteiger partial charge >= 0.3 is 0 Å². The first-order valence-corrected chi connectivity index (χ1v) is 5.36. The molecule has 0 amide bonds. The molecular formula is C11H20S. The van der Waals surface area contributed by atoms with Gasteiger partial charge in [0.05, 0.1) is 0 Å². The summed E-state index contributed by atoms with van der Waals surface area (Å²) in [4.78, 5) is 0. The van der Waals surface area contributed by atoms with Crippen LogP contribution in [0.25, 0.3) is 0 Å². The molecule has 0 spiro atoms. The fourth-order valence-corrected chi connectivity index (χ4v) is 1.17. The molecule has 0 radical (unpaired) electrons. The predicted octanol–water partition coefficient (Wildman–Crippen LogP) is 4.24. The van der Waals surface area contributed by atoms with E-state index in [4.69, 9.17) is 0 Å². The fraction of sp³-hybridized carbons (Fsp3) is 0.636. The summed E-state index contributed by atoms with van der Waals surface area (Å²) in [6, 6.07) is 0. The Bertz CT molecular complexity index is 154. The van der Waals surface area contributed by atoms with Crippen LogP contribution in [0.3, 0.4) is 0 Å². The molecule has 70 valence electrons. The first-order valence-electron chi connectivity index (χ1n) is 4.42. The lowest BCUT2D eigenvalue weighted by atomic mass is 9.90. The van der Waals surface area contributed by atoms with Gasteiger partial charge in [-0.25, -0.2) is 0 Å². The first-order chi connectivity index (χ1) is 5.48. The molecule has 0 aromatic rings. The number of hydrogen-bond donors (Lipinski definition) is 0. The second-order valence-corrected chi connectivity index (χ2v) is 5.44. The van der Waals surface area contributed by atoms with E-state index in [-0.39, 0.29) is 5.41 Å². The maximum absolute atomic E-state index is 3.81. The molecular weight excluding hydrogens is 164 g/mol. The largest absolute Gasteiger partial charge is 0.132 e. The van der Waals surface area contributed by atoms with Crippen LogP contribution in [0.4, 0.5) is 0 Å². The normalized spacial score (nSPS) is 12.8. The van der Waals surface area contributed by atoms with Gasteiger partial charge in [0.1, 0.15) is 0 Å². The number of hydrogen-bond acceptors (Lipinski definition) is 1. The maximum Gasteiger partial charge on any atom is 0.00316 e. The van der Waals surface area contributed by atoms with Gasteiger partial charge in [0.15, 0.2) is 0 Å². The molecule has 0 heterocycles. The third-order valence-electron chi connectivity index (χ3n) is 1.64. The summed E-state index contributed by atoms with van der Waals surface area (Å²) in [6.07, 6.45) is 5.32. The number of rotatable bonds is 5. The molecule has 0 aliphatic heterocycles. The Morgan fingerprint density at radius 3 is 2.42 bits per heavy atom. The van der Waals surface area contributed by atoms with Crippen molar-refractivity contribution in [2.75, 3.05) is 0 Å². The highest BCUT2D eigenvalue weighted by molar-refractivity contribution is 8.02. The van der Waals surface area contributed by atoms with Crippen LogP contribution < -0.4 is 0 Å². The van der Waals surface area contributed by atoms with E-state index in [1.807, 2.05) is 17.8 Å². The van der Waals surface area contributed by atoms with Gasteiger partial charge < -0.3 is 0 Å². The predicted molar refractivity (Wildman–Crippen MR) is 60.5 cm³/mol. The molecule has 0 fully saturated rings. The van der Waals surface area contributed by atoms with E-state index in [0.717, 1.165) is 6.42 Å². The van der Waals surface area contributed by atoms with Crippen LogP contribution in [0, 0.1) is 5.41 Å². The van der Waals surface area contributed by atoms with Gasteiger partial charge in [-0.15, -0.1) is 18.3 Å². The highest BCUT2D eigenvalue weighted by Crippen LogP contribution is 2.22. The van der Waals surface area contributed by atoms with Crippen molar-refractivity contribution in [1.82, 2.24) is 0 Å².